The highest BCUT2D eigenvalue weighted by molar-refractivity contribution is 7.92. The largest absolute Gasteiger partial charge is 0.490 e. The van der Waals surface area contributed by atoms with Crippen LogP contribution in [0.25, 0.3) is 0 Å². The van der Waals surface area contributed by atoms with Crippen LogP contribution in [0.2, 0.25) is 0 Å². The van der Waals surface area contributed by atoms with Crippen LogP contribution in [0.3, 0.4) is 0 Å². The molecule has 10 nitrogen and oxygen atoms in total. The van der Waals surface area contributed by atoms with Crippen LogP contribution in [-0.2, 0) is 14.8 Å². The first-order chi connectivity index (χ1) is 18.3. The van der Waals surface area contributed by atoms with Gasteiger partial charge in [0.25, 0.3) is 10.0 Å². The van der Waals surface area contributed by atoms with Gasteiger partial charge in [0.1, 0.15) is 11.4 Å². The lowest BCUT2D eigenvalue weighted by atomic mass is 9.97. The Balaban J connectivity index is 0.000000532. The van der Waals surface area contributed by atoms with Crippen molar-refractivity contribution in [1.82, 2.24) is 9.88 Å². The quantitative estimate of drug-likeness (QED) is 0.452. The number of anilines is 2. The topological polar surface area (TPSA) is 140 Å². The van der Waals surface area contributed by atoms with Crippen molar-refractivity contribution in [2.75, 3.05) is 42.3 Å². The molecule has 0 saturated carbocycles. The number of carbonyl (C=O) groups is 2. The van der Waals surface area contributed by atoms with Crippen LogP contribution in [-0.4, -0.2) is 79.4 Å². The van der Waals surface area contributed by atoms with Gasteiger partial charge in [-0.1, -0.05) is 18.2 Å². The van der Waals surface area contributed by atoms with E-state index >= 15 is 0 Å². The predicted octanol–water partition coefficient (Wildman–Crippen LogP) is 3.83. The molecule has 0 spiro atoms. The average Bonchev–Trinajstić information content (AvgIpc) is 3.37. The van der Waals surface area contributed by atoms with Gasteiger partial charge in [0.2, 0.25) is 0 Å². The summed E-state index contributed by atoms with van der Waals surface area (Å²) < 4.78 is 59.8. The highest BCUT2D eigenvalue weighted by atomic mass is 32.2. The minimum absolute atomic E-state index is 0.0109. The van der Waals surface area contributed by atoms with Crippen LogP contribution in [0.4, 0.5) is 24.7 Å². The van der Waals surface area contributed by atoms with E-state index < -0.39 is 28.1 Å². The van der Waals surface area contributed by atoms with Crippen molar-refractivity contribution < 1.29 is 41.4 Å². The molecule has 4 rings (SSSR count). The van der Waals surface area contributed by atoms with Crippen molar-refractivity contribution in [3.8, 4) is 0 Å². The van der Waals surface area contributed by atoms with Gasteiger partial charge in [0.15, 0.2) is 0 Å². The van der Waals surface area contributed by atoms with Gasteiger partial charge in [0.05, 0.1) is 16.8 Å². The molecular weight excluding hydrogens is 541 g/mol. The number of nitrogens with zero attached hydrogens (tertiary/aromatic N) is 3. The lowest BCUT2D eigenvalue weighted by Gasteiger charge is -2.36. The zero-order valence-electron chi connectivity index (χ0n) is 21.3. The van der Waals surface area contributed by atoms with Gasteiger partial charge in [-0.25, -0.2) is 23.0 Å². The van der Waals surface area contributed by atoms with Gasteiger partial charge >= 0.3 is 18.1 Å². The molecule has 1 atom stereocenters. The molecule has 3 heterocycles. The zero-order chi connectivity index (χ0) is 28.8. The van der Waals surface area contributed by atoms with E-state index in [1.165, 1.54) is 31.2 Å². The van der Waals surface area contributed by atoms with E-state index in [4.69, 9.17) is 9.90 Å². The second kappa shape index (κ2) is 12.6. The first-order valence-corrected chi connectivity index (χ1v) is 13.9. The van der Waals surface area contributed by atoms with Crippen molar-refractivity contribution >= 4 is 33.5 Å². The minimum atomic E-state index is -5.08. The van der Waals surface area contributed by atoms with Crippen molar-refractivity contribution in [3.05, 3.63) is 47.7 Å². The summed E-state index contributed by atoms with van der Waals surface area (Å²) in [6.07, 6.45) is 0.939. The molecule has 0 amide bonds. The number of alkyl halides is 3. The first-order valence-electron chi connectivity index (χ1n) is 12.4. The number of carboxylic acids is 2. The molecule has 0 aliphatic carbocycles. The van der Waals surface area contributed by atoms with E-state index in [1.54, 1.807) is 25.1 Å². The number of pyridine rings is 1. The molecule has 2 fully saturated rings. The van der Waals surface area contributed by atoms with Crippen LogP contribution in [0.1, 0.15) is 41.6 Å². The lowest BCUT2D eigenvalue weighted by Crippen LogP contribution is -2.41. The molecule has 214 valence electrons. The molecule has 2 aliphatic rings. The molecule has 0 bridgehead atoms. The Morgan fingerprint density at radius 3 is 2.33 bits per heavy atom. The molecular formula is C25H31F3N4O6S. The molecule has 14 heteroatoms. The number of aromatic nitrogens is 1. The number of carboxylic acid groups (broad SMARTS) is 2. The lowest BCUT2D eigenvalue weighted by molar-refractivity contribution is -0.192. The molecule has 2 aromatic rings. The van der Waals surface area contributed by atoms with Gasteiger partial charge in [-0.3, -0.25) is 4.72 Å². The smallest absolute Gasteiger partial charge is 0.478 e. The van der Waals surface area contributed by atoms with Gasteiger partial charge in [-0.05, 0) is 69.3 Å². The third-order valence-electron chi connectivity index (χ3n) is 6.51. The van der Waals surface area contributed by atoms with E-state index in [1.807, 2.05) is 4.90 Å². The number of benzene rings is 1. The fourth-order valence-corrected chi connectivity index (χ4v) is 6.01. The van der Waals surface area contributed by atoms with E-state index in [2.05, 4.69) is 14.6 Å². The van der Waals surface area contributed by atoms with Crippen LogP contribution < -0.4 is 9.62 Å². The van der Waals surface area contributed by atoms with E-state index in [0.29, 0.717) is 17.3 Å². The Morgan fingerprint density at radius 1 is 1.10 bits per heavy atom. The summed E-state index contributed by atoms with van der Waals surface area (Å²) in [6, 6.07) is 8.02. The Kier molecular flexibility index (Phi) is 9.78. The van der Waals surface area contributed by atoms with Crippen molar-refractivity contribution in [2.24, 2.45) is 5.92 Å². The van der Waals surface area contributed by atoms with Crippen LogP contribution in [0.15, 0.2) is 41.4 Å². The predicted molar refractivity (Wildman–Crippen MR) is 137 cm³/mol. The molecule has 1 aromatic heterocycles. The number of hydrogen-bond acceptors (Lipinski definition) is 7. The highest BCUT2D eigenvalue weighted by Crippen LogP contribution is 2.29. The second-order valence-corrected chi connectivity index (χ2v) is 11.2. The molecule has 1 aromatic carbocycles. The summed E-state index contributed by atoms with van der Waals surface area (Å²) in [5.74, 6) is -2.99. The Labute approximate surface area is 224 Å². The Bertz CT molecular complexity index is 1280. The maximum atomic E-state index is 12.8. The summed E-state index contributed by atoms with van der Waals surface area (Å²) in [6.45, 7) is 6.55. The first kappa shape index (κ1) is 30.2. The number of halogens is 3. The maximum Gasteiger partial charge on any atom is 0.490 e. The van der Waals surface area contributed by atoms with Gasteiger partial charge in [0, 0.05) is 19.6 Å². The summed E-state index contributed by atoms with van der Waals surface area (Å²) in [5.41, 5.74) is 0.761. The fourth-order valence-electron chi connectivity index (χ4n) is 4.73. The number of likely N-dealkylation sites (tertiary alicyclic amines) is 1. The summed E-state index contributed by atoms with van der Waals surface area (Å²) in [7, 11) is -3.85. The van der Waals surface area contributed by atoms with Gasteiger partial charge in [-0.2, -0.15) is 13.2 Å². The molecule has 1 unspecified atom stereocenters. The number of sulfonamides is 1. The molecule has 2 aliphatic heterocycles. The van der Waals surface area contributed by atoms with E-state index in [9.17, 15) is 31.5 Å². The summed E-state index contributed by atoms with van der Waals surface area (Å²) >= 11 is 0. The highest BCUT2D eigenvalue weighted by Gasteiger charge is 2.38. The Morgan fingerprint density at radius 2 is 1.74 bits per heavy atom. The van der Waals surface area contributed by atoms with Crippen molar-refractivity contribution in [1.29, 1.82) is 0 Å². The summed E-state index contributed by atoms with van der Waals surface area (Å²) in [5, 5.41) is 16.9. The van der Waals surface area contributed by atoms with Gasteiger partial charge < -0.3 is 20.0 Å². The zero-order valence-corrected chi connectivity index (χ0v) is 22.1. The number of rotatable bonds is 7. The van der Waals surface area contributed by atoms with E-state index in [-0.39, 0.29) is 16.1 Å². The number of piperidine rings is 1. The molecule has 39 heavy (non-hydrogen) atoms. The van der Waals surface area contributed by atoms with Crippen LogP contribution >= 0.6 is 0 Å². The van der Waals surface area contributed by atoms with Crippen molar-refractivity contribution in [3.63, 3.8) is 0 Å². The van der Waals surface area contributed by atoms with Crippen molar-refractivity contribution in [2.45, 2.75) is 43.7 Å². The monoisotopic (exact) mass is 572 g/mol. The molecule has 3 N–H and O–H groups in total. The number of aromatic carboxylic acids is 1. The number of hydrogen-bond donors (Lipinski definition) is 3. The fraction of sp³-hybridized carbons (Fsp3) is 0.480. The third-order valence-corrected chi connectivity index (χ3v) is 8.05. The number of aryl methyl sites for hydroxylation is 1. The van der Waals surface area contributed by atoms with Crippen LogP contribution in [0.5, 0.6) is 0 Å². The maximum absolute atomic E-state index is 12.8. The van der Waals surface area contributed by atoms with E-state index in [0.717, 1.165) is 45.6 Å². The Hall–Kier alpha value is -3.39. The SMILES string of the molecule is Cc1ccccc1S(=O)(=O)Nc1cnc(N2CCCC(CN3CCCC3)C2)c(C(=O)O)c1.O=C(O)C(F)(F)F. The molecule has 0 radical (unpaired) electrons. The number of nitrogens with one attached hydrogen (secondary N) is 1. The molecule has 2 saturated heterocycles. The standard InChI is InChI=1S/C23H30N4O4S.C2HF3O2/c1-17-7-2-3-9-21(17)32(30,31)25-19-13-20(23(28)29)22(24-14-19)27-12-6-8-18(16-27)15-26-10-4-5-11-26;3-2(4,5)1(6)7/h2-3,7,9,13-14,18,25H,4-6,8,10-12,15-16H2,1H3,(H,28,29);(H,6,7). The normalized spacial score (nSPS) is 18.3. The number of aliphatic carboxylic acids is 1. The third kappa shape index (κ3) is 8.30. The van der Waals surface area contributed by atoms with Gasteiger partial charge in [-0.15, -0.1) is 0 Å². The summed E-state index contributed by atoms with van der Waals surface area (Å²) in [4.78, 5) is 30.0. The second-order valence-electron chi connectivity index (χ2n) is 9.54. The minimum Gasteiger partial charge on any atom is -0.478 e. The van der Waals surface area contributed by atoms with Crippen LogP contribution in [0, 0.1) is 12.8 Å². The average molecular weight is 573 g/mol.